The van der Waals surface area contributed by atoms with Crippen LogP contribution in [0.1, 0.15) is 6.92 Å². The van der Waals surface area contributed by atoms with E-state index < -0.39 is 0 Å². The lowest BCUT2D eigenvalue weighted by molar-refractivity contribution is 0.480. The molecule has 0 aliphatic heterocycles. The maximum absolute atomic E-state index is 5.82. The second-order valence-corrected chi connectivity index (χ2v) is 3.01. The molecule has 1 nitrogen and oxygen atoms in total. The maximum atomic E-state index is 5.82. The first-order valence-corrected chi connectivity index (χ1v) is 4.22. The largest absolute Gasteiger partial charge is 0.464 e. The smallest absolute Gasteiger partial charge is 0.145 e. The minimum atomic E-state index is 0.514. The number of halogens is 2. The minimum Gasteiger partial charge on any atom is -0.464 e. The molecule has 0 saturated carbocycles. The van der Waals surface area contributed by atoms with Crippen molar-refractivity contribution < 1.29 is 4.74 Å². The van der Waals surface area contributed by atoms with Crippen LogP contribution in [0.2, 0.25) is 10.0 Å². The number of hydrogen-bond donors (Lipinski definition) is 0. The molecule has 0 atom stereocenters. The predicted molar refractivity (Wildman–Crippen MR) is 51.9 cm³/mol. The molecule has 0 N–H and O–H groups in total. The summed E-state index contributed by atoms with van der Waals surface area (Å²) < 4.78 is 5.17. The standard InChI is InChI=1S/C9H8Cl2O/c1-2-5-12-9-4-3-7(10)6-8(9)11/h2-6H,1H3/b5-2+. The molecule has 0 saturated heterocycles. The van der Waals surface area contributed by atoms with Gasteiger partial charge in [-0.1, -0.05) is 29.3 Å². The first kappa shape index (κ1) is 9.43. The Balaban J connectivity index is 2.86. The van der Waals surface area contributed by atoms with E-state index in [9.17, 15) is 0 Å². The highest BCUT2D eigenvalue weighted by molar-refractivity contribution is 6.35. The summed E-state index contributed by atoms with van der Waals surface area (Å²) in [6.07, 6.45) is 3.35. The van der Waals surface area contributed by atoms with Crippen molar-refractivity contribution in [3.05, 3.63) is 40.6 Å². The van der Waals surface area contributed by atoms with E-state index in [1.54, 1.807) is 30.5 Å². The van der Waals surface area contributed by atoms with Crippen LogP contribution in [0.3, 0.4) is 0 Å². The quantitative estimate of drug-likeness (QED) is 0.662. The molecular formula is C9H8Cl2O. The van der Waals surface area contributed by atoms with Crippen LogP contribution >= 0.6 is 23.2 Å². The third kappa shape index (κ3) is 2.43. The molecule has 1 aromatic carbocycles. The lowest BCUT2D eigenvalue weighted by Gasteiger charge is -2.01. The summed E-state index contributed by atoms with van der Waals surface area (Å²) in [7, 11) is 0. The van der Waals surface area contributed by atoms with Gasteiger partial charge >= 0.3 is 0 Å². The van der Waals surface area contributed by atoms with Crippen molar-refractivity contribution in [2.24, 2.45) is 0 Å². The van der Waals surface area contributed by atoms with Crippen LogP contribution in [0.4, 0.5) is 0 Å². The molecule has 0 unspecified atom stereocenters. The van der Waals surface area contributed by atoms with Gasteiger partial charge in [0.25, 0.3) is 0 Å². The van der Waals surface area contributed by atoms with Crippen molar-refractivity contribution in [2.75, 3.05) is 0 Å². The molecule has 0 aromatic heterocycles. The molecule has 0 aliphatic rings. The van der Waals surface area contributed by atoms with E-state index >= 15 is 0 Å². The highest BCUT2D eigenvalue weighted by atomic mass is 35.5. The van der Waals surface area contributed by atoms with Crippen LogP contribution in [-0.2, 0) is 0 Å². The molecule has 1 aromatic rings. The van der Waals surface area contributed by atoms with Gasteiger partial charge in [0.2, 0.25) is 0 Å². The van der Waals surface area contributed by atoms with E-state index in [4.69, 9.17) is 27.9 Å². The van der Waals surface area contributed by atoms with Gasteiger partial charge in [-0.25, -0.2) is 0 Å². The van der Waals surface area contributed by atoms with Gasteiger partial charge in [0, 0.05) is 5.02 Å². The molecule has 0 bridgehead atoms. The first-order valence-electron chi connectivity index (χ1n) is 3.47. The SMILES string of the molecule is C/C=C/Oc1ccc(Cl)cc1Cl. The van der Waals surface area contributed by atoms with Crippen molar-refractivity contribution in [2.45, 2.75) is 6.92 Å². The molecule has 0 fully saturated rings. The summed E-state index contributed by atoms with van der Waals surface area (Å²) in [6.45, 7) is 1.86. The summed E-state index contributed by atoms with van der Waals surface area (Å²) in [6, 6.07) is 5.10. The zero-order valence-electron chi connectivity index (χ0n) is 6.55. The van der Waals surface area contributed by atoms with Crippen LogP contribution < -0.4 is 4.74 Å². The molecule has 0 heterocycles. The van der Waals surface area contributed by atoms with E-state index in [1.165, 1.54) is 0 Å². The molecule has 1 rings (SSSR count). The summed E-state index contributed by atoms with van der Waals surface area (Å²) in [5.74, 6) is 0.610. The van der Waals surface area contributed by atoms with Crippen LogP contribution in [0.5, 0.6) is 5.75 Å². The Labute approximate surface area is 81.6 Å². The van der Waals surface area contributed by atoms with Crippen LogP contribution in [-0.4, -0.2) is 0 Å². The third-order valence-corrected chi connectivity index (χ3v) is 1.76. The van der Waals surface area contributed by atoms with Gasteiger partial charge in [0.05, 0.1) is 11.3 Å². The van der Waals surface area contributed by atoms with E-state index in [2.05, 4.69) is 0 Å². The second-order valence-electron chi connectivity index (χ2n) is 2.16. The Morgan fingerprint density at radius 2 is 2.08 bits per heavy atom. The van der Waals surface area contributed by atoms with Crippen molar-refractivity contribution >= 4 is 23.2 Å². The summed E-state index contributed by atoms with van der Waals surface area (Å²) in [5, 5.41) is 1.12. The zero-order valence-corrected chi connectivity index (χ0v) is 8.06. The number of hydrogen-bond acceptors (Lipinski definition) is 1. The Bertz CT molecular complexity index is 295. The lowest BCUT2D eigenvalue weighted by Crippen LogP contribution is -1.81. The highest BCUT2D eigenvalue weighted by Crippen LogP contribution is 2.27. The average Bonchev–Trinajstić information content (AvgIpc) is 2.03. The average molecular weight is 203 g/mol. The van der Waals surface area contributed by atoms with Gasteiger partial charge < -0.3 is 4.74 Å². The monoisotopic (exact) mass is 202 g/mol. The second kappa shape index (κ2) is 4.39. The van der Waals surface area contributed by atoms with Crippen molar-refractivity contribution in [3.8, 4) is 5.75 Å². The molecule has 0 amide bonds. The highest BCUT2D eigenvalue weighted by Gasteiger charge is 1.99. The van der Waals surface area contributed by atoms with E-state index in [-0.39, 0.29) is 0 Å². The number of ether oxygens (including phenoxy) is 1. The molecule has 64 valence electrons. The Morgan fingerprint density at radius 1 is 1.33 bits per heavy atom. The number of benzene rings is 1. The van der Waals surface area contributed by atoms with Crippen molar-refractivity contribution in [1.29, 1.82) is 0 Å². The van der Waals surface area contributed by atoms with Gasteiger partial charge in [0.15, 0.2) is 0 Å². The van der Waals surface area contributed by atoms with E-state index in [0.717, 1.165) is 0 Å². The number of rotatable bonds is 2. The first-order chi connectivity index (χ1) is 5.74. The summed E-state index contributed by atoms with van der Waals surface area (Å²) >= 11 is 11.5. The van der Waals surface area contributed by atoms with Gasteiger partial charge in [-0.15, -0.1) is 0 Å². The Kier molecular flexibility index (Phi) is 3.45. The minimum absolute atomic E-state index is 0.514. The molecule has 12 heavy (non-hydrogen) atoms. The maximum Gasteiger partial charge on any atom is 0.145 e. The van der Waals surface area contributed by atoms with Gasteiger partial charge in [-0.2, -0.15) is 0 Å². The van der Waals surface area contributed by atoms with Crippen molar-refractivity contribution in [3.63, 3.8) is 0 Å². The molecule has 3 heteroatoms. The number of allylic oxidation sites excluding steroid dienone is 1. The normalized spacial score (nSPS) is 10.6. The van der Waals surface area contributed by atoms with Crippen molar-refractivity contribution in [1.82, 2.24) is 0 Å². The third-order valence-electron chi connectivity index (χ3n) is 1.23. The topological polar surface area (TPSA) is 9.23 Å². The molecular weight excluding hydrogens is 195 g/mol. The van der Waals surface area contributed by atoms with Crippen LogP contribution in [0.15, 0.2) is 30.5 Å². The molecule has 0 spiro atoms. The van der Waals surface area contributed by atoms with Crippen LogP contribution in [0, 0.1) is 0 Å². The van der Waals surface area contributed by atoms with Gasteiger partial charge in [-0.05, 0) is 25.1 Å². The fraction of sp³-hybridized carbons (Fsp3) is 0.111. The Hall–Kier alpha value is -0.660. The summed E-state index contributed by atoms with van der Waals surface area (Å²) in [4.78, 5) is 0. The fourth-order valence-corrected chi connectivity index (χ4v) is 1.17. The Morgan fingerprint density at radius 3 is 2.67 bits per heavy atom. The van der Waals surface area contributed by atoms with E-state index in [0.29, 0.717) is 15.8 Å². The zero-order chi connectivity index (χ0) is 8.97. The molecule has 0 aliphatic carbocycles. The van der Waals surface area contributed by atoms with Crippen LogP contribution in [0.25, 0.3) is 0 Å². The van der Waals surface area contributed by atoms with E-state index in [1.807, 2.05) is 6.92 Å². The summed E-state index contributed by atoms with van der Waals surface area (Å²) in [5.41, 5.74) is 0. The lowest BCUT2D eigenvalue weighted by atomic mass is 10.3. The fourth-order valence-electron chi connectivity index (χ4n) is 0.712. The predicted octanol–water partition coefficient (Wildman–Crippen LogP) is 3.91. The van der Waals surface area contributed by atoms with Gasteiger partial charge in [0.1, 0.15) is 5.75 Å². The van der Waals surface area contributed by atoms with Gasteiger partial charge in [-0.3, -0.25) is 0 Å². The molecule has 0 radical (unpaired) electrons.